The van der Waals surface area contributed by atoms with Gasteiger partial charge in [0.05, 0.1) is 5.69 Å². The van der Waals surface area contributed by atoms with E-state index in [2.05, 4.69) is 42.0 Å². The molecule has 108 valence electrons. The highest BCUT2D eigenvalue weighted by Crippen LogP contribution is 2.41. The first-order chi connectivity index (χ1) is 9.12. The number of nitrogens with one attached hydrogen (secondary N) is 1. The first-order valence-corrected chi connectivity index (χ1v) is 7.64. The smallest absolute Gasteiger partial charge is 0.0624 e. The van der Waals surface area contributed by atoms with Gasteiger partial charge >= 0.3 is 0 Å². The number of hydrogen-bond donors (Lipinski definition) is 2. The van der Waals surface area contributed by atoms with Crippen molar-refractivity contribution in [3.63, 3.8) is 0 Å². The van der Waals surface area contributed by atoms with Gasteiger partial charge in [-0.15, -0.1) is 0 Å². The number of nitrogens with two attached hydrogens (primary N) is 1. The lowest BCUT2D eigenvalue weighted by molar-refractivity contribution is 0.218. The molecular weight excluding hydrogens is 236 g/mol. The molecule has 0 saturated heterocycles. The molecule has 2 rings (SSSR count). The van der Waals surface area contributed by atoms with Crippen molar-refractivity contribution >= 4 is 0 Å². The number of aromatic nitrogens is 2. The van der Waals surface area contributed by atoms with Crippen molar-refractivity contribution in [2.75, 3.05) is 0 Å². The summed E-state index contributed by atoms with van der Waals surface area (Å²) in [5, 5.41) is 4.63. The van der Waals surface area contributed by atoms with Gasteiger partial charge in [0.2, 0.25) is 0 Å². The second kappa shape index (κ2) is 6.06. The van der Waals surface area contributed by atoms with Gasteiger partial charge in [-0.1, -0.05) is 26.7 Å². The van der Waals surface area contributed by atoms with E-state index in [9.17, 15) is 0 Å². The van der Waals surface area contributed by atoms with Gasteiger partial charge in [0.15, 0.2) is 0 Å². The number of hydrogen-bond acceptors (Lipinski definition) is 3. The Morgan fingerprint density at radius 2 is 2.11 bits per heavy atom. The van der Waals surface area contributed by atoms with Crippen molar-refractivity contribution in [3.8, 4) is 0 Å². The van der Waals surface area contributed by atoms with Gasteiger partial charge in [-0.2, -0.15) is 5.10 Å². The first kappa shape index (κ1) is 14.5. The van der Waals surface area contributed by atoms with Crippen LogP contribution in [0.5, 0.6) is 0 Å². The molecule has 1 aliphatic carbocycles. The van der Waals surface area contributed by atoms with E-state index in [4.69, 9.17) is 5.84 Å². The third-order valence-electron chi connectivity index (χ3n) is 4.78. The van der Waals surface area contributed by atoms with Gasteiger partial charge in [0.25, 0.3) is 0 Å². The summed E-state index contributed by atoms with van der Waals surface area (Å²) in [6.07, 6.45) is 7.21. The zero-order valence-electron chi connectivity index (χ0n) is 12.6. The molecule has 0 spiro atoms. The van der Waals surface area contributed by atoms with Gasteiger partial charge in [-0.3, -0.25) is 16.0 Å². The lowest BCUT2D eigenvalue weighted by Gasteiger charge is -2.33. The van der Waals surface area contributed by atoms with E-state index in [-0.39, 0.29) is 0 Å². The number of nitrogens with zero attached hydrogens (tertiary/aromatic N) is 2. The molecule has 3 N–H and O–H groups in total. The Morgan fingerprint density at radius 1 is 1.42 bits per heavy atom. The SMILES string of the molecule is CCc1cc(CC(NN)C2(C)CCCC2)n(CC)n1. The zero-order valence-corrected chi connectivity index (χ0v) is 12.6. The van der Waals surface area contributed by atoms with Crippen molar-refractivity contribution in [1.29, 1.82) is 0 Å². The van der Waals surface area contributed by atoms with Crippen LogP contribution in [-0.4, -0.2) is 15.8 Å². The topological polar surface area (TPSA) is 55.9 Å². The number of aryl methyl sites for hydroxylation is 2. The highest BCUT2D eigenvalue weighted by Gasteiger charge is 2.36. The summed E-state index contributed by atoms with van der Waals surface area (Å²) in [5.74, 6) is 5.84. The van der Waals surface area contributed by atoms with E-state index < -0.39 is 0 Å². The Labute approximate surface area is 116 Å². The Balaban J connectivity index is 2.15. The fourth-order valence-corrected chi connectivity index (χ4v) is 3.37. The standard InChI is InChI=1S/C15H28N4/c1-4-12-10-13(19(5-2)18-12)11-14(17-16)15(3)8-6-7-9-15/h10,14,17H,4-9,11,16H2,1-3H3. The maximum atomic E-state index is 5.84. The van der Waals surface area contributed by atoms with Crippen LogP contribution in [-0.2, 0) is 19.4 Å². The highest BCUT2D eigenvalue weighted by atomic mass is 15.3. The molecule has 1 heterocycles. The summed E-state index contributed by atoms with van der Waals surface area (Å²) in [4.78, 5) is 0. The largest absolute Gasteiger partial charge is 0.271 e. The third kappa shape index (κ3) is 3.00. The van der Waals surface area contributed by atoms with E-state index in [1.165, 1.54) is 37.1 Å². The van der Waals surface area contributed by atoms with Crippen LogP contribution >= 0.6 is 0 Å². The summed E-state index contributed by atoms with van der Waals surface area (Å²) >= 11 is 0. The van der Waals surface area contributed by atoms with Gasteiger partial charge in [-0.05, 0) is 37.7 Å². The van der Waals surface area contributed by atoms with Crippen molar-refractivity contribution in [2.45, 2.75) is 71.9 Å². The summed E-state index contributed by atoms with van der Waals surface area (Å²) in [7, 11) is 0. The Kier molecular flexibility index (Phi) is 4.63. The van der Waals surface area contributed by atoms with Gasteiger partial charge < -0.3 is 0 Å². The monoisotopic (exact) mass is 264 g/mol. The number of hydrazine groups is 1. The first-order valence-electron chi connectivity index (χ1n) is 7.64. The van der Waals surface area contributed by atoms with Crippen LogP contribution in [0.3, 0.4) is 0 Å². The predicted octanol–water partition coefficient (Wildman–Crippen LogP) is 2.42. The Hall–Kier alpha value is -0.870. The average Bonchev–Trinajstić information content (AvgIpc) is 3.02. The van der Waals surface area contributed by atoms with Gasteiger partial charge in [0.1, 0.15) is 0 Å². The number of rotatable bonds is 6. The Morgan fingerprint density at radius 3 is 2.63 bits per heavy atom. The highest BCUT2D eigenvalue weighted by molar-refractivity contribution is 5.13. The molecule has 0 amide bonds. The predicted molar refractivity (Wildman–Crippen MR) is 78.7 cm³/mol. The molecule has 1 fully saturated rings. The van der Waals surface area contributed by atoms with E-state index >= 15 is 0 Å². The maximum absolute atomic E-state index is 5.84. The molecule has 0 bridgehead atoms. The molecule has 1 atom stereocenters. The van der Waals surface area contributed by atoms with Crippen molar-refractivity contribution in [2.24, 2.45) is 11.3 Å². The molecule has 0 aliphatic heterocycles. The molecule has 1 aromatic heterocycles. The van der Waals surface area contributed by atoms with E-state index in [0.717, 1.165) is 19.4 Å². The quantitative estimate of drug-likeness (QED) is 0.613. The molecule has 1 aromatic rings. The van der Waals surface area contributed by atoms with Crippen LogP contribution in [0, 0.1) is 5.41 Å². The van der Waals surface area contributed by atoms with Crippen LogP contribution < -0.4 is 11.3 Å². The fourth-order valence-electron chi connectivity index (χ4n) is 3.37. The molecule has 19 heavy (non-hydrogen) atoms. The second-order valence-corrected chi connectivity index (χ2v) is 6.08. The van der Waals surface area contributed by atoms with Crippen molar-refractivity contribution < 1.29 is 0 Å². The van der Waals surface area contributed by atoms with Crippen LogP contribution in [0.25, 0.3) is 0 Å². The lowest BCUT2D eigenvalue weighted by Crippen LogP contribution is -2.47. The summed E-state index contributed by atoms with van der Waals surface area (Å²) < 4.78 is 2.13. The second-order valence-electron chi connectivity index (χ2n) is 6.08. The maximum Gasteiger partial charge on any atom is 0.0624 e. The molecule has 4 nitrogen and oxygen atoms in total. The van der Waals surface area contributed by atoms with Crippen molar-refractivity contribution in [3.05, 3.63) is 17.5 Å². The van der Waals surface area contributed by atoms with E-state index in [1.54, 1.807) is 0 Å². The molecule has 1 unspecified atom stereocenters. The van der Waals surface area contributed by atoms with Crippen LogP contribution in [0.15, 0.2) is 6.07 Å². The molecule has 1 aliphatic rings. The molecular formula is C15H28N4. The van der Waals surface area contributed by atoms with Crippen LogP contribution in [0.2, 0.25) is 0 Å². The lowest BCUT2D eigenvalue weighted by atomic mass is 9.79. The van der Waals surface area contributed by atoms with Gasteiger partial charge in [0, 0.05) is 24.7 Å². The molecule has 1 saturated carbocycles. The summed E-state index contributed by atoms with van der Waals surface area (Å²) in [5.41, 5.74) is 5.91. The Bertz CT molecular complexity index is 404. The van der Waals surface area contributed by atoms with E-state index in [1.807, 2.05) is 0 Å². The summed E-state index contributed by atoms with van der Waals surface area (Å²) in [6.45, 7) is 7.61. The fraction of sp³-hybridized carbons (Fsp3) is 0.800. The normalized spacial score (nSPS) is 19.8. The summed E-state index contributed by atoms with van der Waals surface area (Å²) in [6, 6.07) is 2.59. The van der Waals surface area contributed by atoms with Gasteiger partial charge in [-0.25, -0.2) is 0 Å². The third-order valence-corrected chi connectivity index (χ3v) is 4.78. The minimum atomic E-state index is 0.337. The van der Waals surface area contributed by atoms with Crippen molar-refractivity contribution in [1.82, 2.24) is 15.2 Å². The molecule has 0 aromatic carbocycles. The van der Waals surface area contributed by atoms with Crippen LogP contribution in [0.1, 0.15) is 57.8 Å². The average molecular weight is 264 g/mol. The molecule has 4 heteroatoms. The minimum Gasteiger partial charge on any atom is -0.271 e. The molecule has 0 radical (unpaired) electrons. The van der Waals surface area contributed by atoms with E-state index in [0.29, 0.717) is 11.5 Å². The zero-order chi connectivity index (χ0) is 13.9. The van der Waals surface area contributed by atoms with Crippen LogP contribution in [0.4, 0.5) is 0 Å². The minimum absolute atomic E-state index is 0.337.